The summed E-state index contributed by atoms with van der Waals surface area (Å²) in [7, 11) is 3.80. The summed E-state index contributed by atoms with van der Waals surface area (Å²) < 4.78 is 10.9. The average molecular weight is 323 g/mol. The summed E-state index contributed by atoms with van der Waals surface area (Å²) in [5.41, 5.74) is 0. The predicted octanol–water partition coefficient (Wildman–Crippen LogP) is 1.67. The van der Waals surface area contributed by atoms with Crippen molar-refractivity contribution in [1.82, 2.24) is 20.4 Å². The van der Waals surface area contributed by atoms with E-state index in [0.717, 1.165) is 37.5 Å². The van der Waals surface area contributed by atoms with Crippen molar-refractivity contribution in [2.45, 2.75) is 39.0 Å². The first-order valence-corrected chi connectivity index (χ1v) is 8.42. The molecule has 0 spiro atoms. The summed E-state index contributed by atoms with van der Waals surface area (Å²) in [6.07, 6.45) is 3.34. The maximum absolute atomic E-state index is 5.66. The maximum Gasteiger partial charge on any atom is 0.228 e. The van der Waals surface area contributed by atoms with Gasteiger partial charge in [-0.1, -0.05) is 19.0 Å². The highest BCUT2D eigenvalue weighted by atomic mass is 16.5. The third-order valence-corrected chi connectivity index (χ3v) is 3.82. The third-order valence-electron chi connectivity index (χ3n) is 3.82. The molecule has 1 N–H and O–H groups in total. The molecule has 1 heterocycles. The van der Waals surface area contributed by atoms with Crippen molar-refractivity contribution >= 4 is 5.96 Å². The molecule has 1 aromatic rings. The van der Waals surface area contributed by atoms with E-state index in [-0.39, 0.29) is 5.92 Å². The van der Waals surface area contributed by atoms with Gasteiger partial charge < -0.3 is 19.5 Å². The molecule has 1 aliphatic rings. The molecule has 0 aromatic carbocycles. The molecule has 0 aliphatic heterocycles. The molecule has 0 atom stereocenters. The van der Waals surface area contributed by atoms with Gasteiger partial charge in [-0.05, 0) is 18.8 Å². The smallest absolute Gasteiger partial charge is 0.228 e. The van der Waals surface area contributed by atoms with Gasteiger partial charge in [-0.2, -0.15) is 4.98 Å². The Kier molecular flexibility index (Phi) is 6.83. The molecule has 7 heteroatoms. The Hall–Kier alpha value is -1.63. The monoisotopic (exact) mass is 323 g/mol. The average Bonchev–Trinajstić information content (AvgIpc) is 3.23. The molecule has 0 amide bonds. The zero-order valence-corrected chi connectivity index (χ0v) is 14.7. The van der Waals surface area contributed by atoms with Crippen LogP contribution in [0.2, 0.25) is 0 Å². The second-order valence-electron chi connectivity index (χ2n) is 6.36. The molecule has 1 fully saturated rings. The topological polar surface area (TPSA) is 75.8 Å². The highest BCUT2D eigenvalue weighted by Crippen LogP contribution is 2.28. The predicted molar refractivity (Wildman–Crippen MR) is 89.6 cm³/mol. The van der Waals surface area contributed by atoms with E-state index in [1.165, 1.54) is 12.8 Å². The van der Waals surface area contributed by atoms with Gasteiger partial charge in [0, 0.05) is 46.1 Å². The molecular weight excluding hydrogens is 294 g/mol. The lowest BCUT2D eigenvalue weighted by Gasteiger charge is -2.21. The first-order chi connectivity index (χ1) is 11.1. The van der Waals surface area contributed by atoms with E-state index in [9.17, 15) is 0 Å². The van der Waals surface area contributed by atoms with Gasteiger partial charge in [-0.25, -0.2) is 0 Å². The Balaban J connectivity index is 1.64. The lowest BCUT2D eigenvalue weighted by Crippen LogP contribution is -2.41. The van der Waals surface area contributed by atoms with E-state index in [4.69, 9.17) is 9.26 Å². The molecular formula is C16H29N5O2. The number of likely N-dealkylation sites (N-methyl/N-ethyl adjacent to an activating group) is 1. The van der Waals surface area contributed by atoms with Crippen molar-refractivity contribution in [3.05, 3.63) is 11.7 Å². The summed E-state index contributed by atoms with van der Waals surface area (Å²) in [4.78, 5) is 10.7. The number of aromatic nitrogens is 2. The summed E-state index contributed by atoms with van der Waals surface area (Å²) in [5, 5.41) is 7.28. The minimum Gasteiger partial charge on any atom is -0.379 e. The number of aliphatic imine (C=N–C) groups is 1. The summed E-state index contributed by atoms with van der Waals surface area (Å²) >= 11 is 0. The molecule has 130 valence electrons. The largest absolute Gasteiger partial charge is 0.379 e. The minimum atomic E-state index is 0.287. The Morgan fingerprint density at radius 2 is 2.26 bits per heavy atom. The van der Waals surface area contributed by atoms with Gasteiger partial charge in [0.25, 0.3) is 0 Å². The van der Waals surface area contributed by atoms with Gasteiger partial charge >= 0.3 is 0 Å². The van der Waals surface area contributed by atoms with Crippen molar-refractivity contribution < 1.29 is 9.26 Å². The van der Waals surface area contributed by atoms with E-state index in [0.29, 0.717) is 18.9 Å². The normalized spacial score (nSPS) is 15.3. The number of ether oxygens (including phenoxy) is 1. The van der Waals surface area contributed by atoms with E-state index in [1.54, 1.807) is 7.05 Å². The molecule has 2 rings (SSSR count). The molecule has 23 heavy (non-hydrogen) atoms. The van der Waals surface area contributed by atoms with Crippen LogP contribution in [0.15, 0.2) is 9.52 Å². The first-order valence-electron chi connectivity index (χ1n) is 8.42. The maximum atomic E-state index is 5.66. The van der Waals surface area contributed by atoms with Crippen LogP contribution in [-0.4, -0.2) is 61.4 Å². The molecule has 1 aliphatic carbocycles. The van der Waals surface area contributed by atoms with Crippen LogP contribution in [0.3, 0.4) is 0 Å². The number of hydrogen-bond acceptors (Lipinski definition) is 5. The van der Waals surface area contributed by atoms with E-state index < -0.39 is 0 Å². The van der Waals surface area contributed by atoms with Crippen LogP contribution in [0.25, 0.3) is 0 Å². The van der Waals surface area contributed by atoms with Gasteiger partial charge in [0.05, 0.1) is 6.61 Å². The second-order valence-corrected chi connectivity index (χ2v) is 6.36. The fourth-order valence-corrected chi connectivity index (χ4v) is 2.11. The van der Waals surface area contributed by atoms with Crippen LogP contribution in [0.4, 0.5) is 0 Å². The lowest BCUT2D eigenvalue weighted by molar-refractivity contribution is 0.115. The number of rotatable bonds is 9. The summed E-state index contributed by atoms with van der Waals surface area (Å²) in [5.74, 6) is 3.36. The zero-order valence-electron chi connectivity index (χ0n) is 14.7. The molecule has 0 radical (unpaired) electrons. The SMILES string of the molecule is CN=C(NCCc1nc(C(C)C)no1)N(C)CCOCC1CC1. The van der Waals surface area contributed by atoms with E-state index in [1.807, 2.05) is 7.05 Å². The van der Waals surface area contributed by atoms with Crippen LogP contribution >= 0.6 is 0 Å². The Morgan fingerprint density at radius 3 is 2.87 bits per heavy atom. The fourth-order valence-electron chi connectivity index (χ4n) is 2.11. The number of nitrogens with zero attached hydrogens (tertiary/aromatic N) is 4. The Morgan fingerprint density at radius 1 is 1.48 bits per heavy atom. The molecule has 0 unspecified atom stereocenters. The third kappa shape index (κ3) is 6.17. The zero-order chi connectivity index (χ0) is 16.7. The first kappa shape index (κ1) is 17.7. The van der Waals surface area contributed by atoms with Crippen LogP contribution in [0.5, 0.6) is 0 Å². The van der Waals surface area contributed by atoms with Crippen LogP contribution in [0.1, 0.15) is 44.3 Å². The van der Waals surface area contributed by atoms with Crippen molar-refractivity contribution in [3.8, 4) is 0 Å². The molecule has 0 saturated heterocycles. The summed E-state index contributed by atoms with van der Waals surface area (Å²) in [6, 6.07) is 0. The number of nitrogens with one attached hydrogen (secondary N) is 1. The number of guanidine groups is 1. The van der Waals surface area contributed by atoms with Crippen molar-refractivity contribution in [1.29, 1.82) is 0 Å². The van der Waals surface area contributed by atoms with Crippen LogP contribution in [0, 0.1) is 5.92 Å². The highest BCUT2D eigenvalue weighted by molar-refractivity contribution is 5.79. The standard InChI is InChI=1S/C16H29N5O2/c1-12(2)15-19-14(23-20-15)7-8-18-16(17-3)21(4)9-10-22-11-13-5-6-13/h12-13H,5-11H2,1-4H3,(H,17,18). The van der Waals surface area contributed by atoms with Gasteiger partial charge in [0.15, 0.2) is 11.8 Å². The van der Waals surface area contributed by atoms with Crippen molar-refractivity contribution in [3.63, 3.8) is 0 Å². The Bertz CT molecular complexity index is 496. The quantitative estimate of drug-likeness (QED) is 0.423. The van der Waals surface area contributed by atoms with Gasteiger partial charge in [-0.3, -0.25) is 4.99 Å². The summed E-state index contributed by atoms with van der Waals surface area (Å²) in [6.45, 7) is 7.26. The number of hydrogen-bond donors (Lipinski definition) is 1. The van der Waals surface area contributed by atoms with Crippen LogP contribution < -0.4 is 5.32 Å². The highest BCUT2D eigenvalue weighted by Gasteiger charge is 2.21. The lowest BCUT2D eigenvalue weighted by atomic mass is 10.2. The van der Waals surface area contributed by atoms with Gasteiger partial charge in [0.1, 0.15) is 0 Å². The second kappa shape index (κ2) is 8.86. The Labute approximate surface area is 138 Å². The molecule has 1 aromatic heterocycles. The van der Waals surface area contributed by atoms with E-state index >= 15 is 0 Å². The van der Waals surface area contributed by atoms with Crippen LogP contribution in [-0.2, 0) is 11.2 Å². The minimum absolute atomic E-state index is 0.287. The van der Waals surface area contributed by atoms with Gasteiger partial charge in [-0.15, -0.1) is 0 Å². The molecule has 0 bridgehead atoms. The van der Waals surface area contributed by atoms with Crippen molar-refractivity contribution in [2.24, 2.45) is 10.9 Å². The van der Waals surface area contributed by atoms with Gasteiger partial charge in [0.2, 0.25) is 5.89 Å². The molecule has 7 nitrogen and oxygen atoms in total. The van der Waals surface area contributed by atoms with Crippen molar-refractivity contribution in [2.75, 3.05) is 40.4 Å². The fraction of sp³-hybridized carbons (Fsp3) is 0.812. The molecule has 1 saturated carbocycles. The van der Waals surface area contributed by atoms with E-state index in [2.05, 4.69) is 39.2 Å².